The van der Waals surface area contributed by atoms with Crippen molar-refractivity contribution in [3.63, 3.8) is 0 Å². The van der Waals surface area contributed by atoms with Crippen molar-refractivity contribution in [3.8, 4) is 0 Å². The van der Waals surface area contributed by atoms with Crippen LogP contribution in [0.3, 0.4) is 0 Å². The van der Waals surface area contributed by atoms with Crippen LogP contribution in [0.1, 0.15) is 16.4 Å². The SMILES string of the molecule is O=C(Cc1c[nH]c2ccccc12)NCc1nn2c(C(F)(F)F)nnc2s1. The van der Waals surface area contributed by atoms with Gasteiger partial charge >= 0.3 is 6.18 Å². The van der Waals surface area contributed by atoms with Crippen LogP contribution < -0.4 is 5.32 Å². The summed E-state index contributed by atoms with van der Waals surface area (Å²) < 4.78 is 39.0. The third kappa shape index (κ3) is 3.01. The predicted octanol–water partition coefficient (Wildman–Crippen LogP) is 2.54. The van der Waals surface area contributed by atoms with Gasteiger partial charge in [-0.1, -0.05) is 29.5 Å². The Bertz CT molecular complexity index is 1100. The molecule has 0 radical (unpaired) electrons. The molecule has 26 heavy (non-hydrogen) atoms. The highest BCUT2D eigenvalue weighted by Crippen LogP contribution is 2.28. The lowest BCUT2D eigenvalue weighted by molar-refractivity contribution is -0.146. The summed E-state index contributed by atoms with van der Waals surface area (Å²) in [7, 11) is 0. The Hall–Kier alpha value is -2.95. The first-order valence-corrected chi connectivity index (χ1v) is 8.33. The van der Waals surface area contributed by atoms with Gasteiger partial charge in [0.25, 0.3) is 5.82 Å². The number of hydrogen-bond donors (Lipinski definition) is 2. The van der Waals surface area contributed by atoms with Gasteiger partial charge in [0.2, 0.25) is 10.9 Å². The topological polar surface area (TPSA) is 88.0 Å². The molecule has 0 atom stereocenters. The maximum atomic E-state index is 12.8. The summed E-state index contributed by atoms with van der Waals surface area (Å²) in [6.07, 6.45) is -2.71. The number of nitrogens with zero attached hydrogens (tertiary/aromatic N) is 4. The zero-order chi connectivity index (χ0) is 18.3. The van der Waals surface area contributed by atoms with Gasteiger partial charge in [0, 0.05) is 17.1 Å². The average Bonchev–Trinajstić information content (AvgIpc) is 3.26. The second-order valence-electron chi connectivity index (χ2n) is 5.52. The van der Waals surface area contributed by atoms with E-state index in [1.807, 2.05) is 24.3 Å². The normalized spacial score (nSPS) is 12.1. The molecule has 4 aromatic rings. The molecule has 4 rings (SSSR count). The molecule has 134 valence electrons. The van der Waals surface area contributed by atoms with E-state index >= 15 is 0 Å². The van der Waals surface area contributed by atoms with Crippen molar-refractivity contribution >= 4 is 33.1 Å². The molecule has 3 heterocycles. The Morgan fingerprint density at radius 2 is 2.08 bits per heavy atom. The first-order chi connectivity index (χ1) is 12.4. The fourth-order valence-electron chi connectivity index (χ4n) is 2.59. The summed E-state index contributed by atoms with van der Waals surface area (Å²) >= 11 is 0.944. The van der Waals surface area contributed by atoms with E-state index in [-0.39, 0.29) is 23.8 Å². The first-order valence-electron chi connectivity index (χ1n) is 7.52. The molecule has 0 saturated carbocycles. The Labute approximate surface area is 147 Å². The maximum Gasteiger partial charge on any atom is 0.453 e. The number of rotatable bonds is 4. The quantitative estimate of drug-likeness (QED) is 0.570. The summed E-state index contributed by atoms with van der Waals surface area (Å²) in [5, 5.41) is 14.3. The van der Waals surface area contributed by atoms with Gasteiger partial charge in [-0.2, -0.15) is 22.8 Å². The van der Waals surface area contributed by atoms with E-state index < -0.39 is 12.0 Å². The molecule has 1 amide bonds. The van der Waals surface area contributed by atoms with Crippen LogP contribution in [0.25, 0.3) is 15.9 Å². The monoisotopic (exact) mass is 380 g/mol. The number of carbonyl (C=O) groups is 1. The molecule has 11 heteroatoms. The highest BCUT2D eigenvalue weighted by Gasteiger charge is 2.38. The predicted molar refractivity (Wildman–Crippen MR) is 87.5 cm³/mol. The van der Waals surface area contributed by atoms with Crippen molar-refractivity contribution in [1.29, 1.82) is 0 Å². The van der Waals surface area contributed by atoms with Gasteiger partial charge in [-0.15, -0.1) is 10.2 Å². The van der Waals surface area contributed by atoms with Crippen LogP contribution in [0.5, 0.6) is 0 Å². The van der Waals surface area contributed by atoms with Gasteiger partial charge < -0.3 is 10.3 Å². The van der Waals surface area contributed by atoms with Crippen LogP contribution in [0, 0.1) is 0 Å². The molecule has 0 aliphatic heterocycles. The number of benzene rings is 1. The second-order valence-corrected chi connectivity index (χ2v) is 6.57. The number of aromatic nitrogens is 5. The van der Waals surface area contributed by atoms with E-state index in [0.29, 0.717) is 9.52 Å². The van der Waals surface area contributed by atoms with E-state index in [9.17, 15) is 18.0 Å². The zero-order valence-electron chi connectivity index (χ0n) is 13.0. The minimum atomic E-state index is -4.64. The Morgan fingerprint density at radius 3 is 2.88 bits per heavy atom. The third-order valence-electron chi connectivity index (χ3n) is 3.75. The molecular weight excluding hydrogens is 369 g/mol. The summed E-state index contributed by atoms with van der Waals surface area (Å²) in [6, 6.07) is 7.60. The number of fused-ring (bicyclic) bond motifs is 2. The highest BCUT2D eigenvalue weighted by molar-refractivity contribution is 7.16. The van der Waals surface area contributed by atoms with Crippen molar-refractivity contribution in [1.82, 2.24) is 30.1 Å². The van der Waals surface area contributed by atoms with Crippen LogP contribution in [-0.2, 0) is 23.9 Å². The van der Waals surface area contributed by atoms with Crippen LogP contribution >= 0.6 is 11.3 Å². The highest BCUT2D eigenvalue weighted by atomic mass is 32.1. The molecular formula is C15H11F3N6OS. The van der Waals surface area contributed by atoms with Gasteiger partial charge in [-0.25, -0.2) is 0 Å². The lowest BCUT2D eigenvalue weighted by Crippen LogP contribution is -2.24. The van der Waals surface area contributed by atoms with Crippen LogP contribution in [0.4, 0.5) is 13.2 Å². The van der Waals surface area contributed by atoms with Crippen LogP contribution in [-0.4, -0.2) is 30.7 Å². The second kappa shape index (κ2) is 6.09. The van der Waals surface area contributed by atoms with E-state index in [1.54, 1.807) is 6.20 Å². The molecule has 1 aromatic carbocycles. The van der Waals surface area contributed by atoms with E-state index in [4.69, 9.17) is 0 Å². The van der Waals surface area contributed by atoms with Gasteiger partial charge in [0.15, 0.2) is 0 Å². The summed E-state index contributed by atoms with van der Waals surface area (Å²) in [5.74, 6) is -1.43. The van der Waals surface area contributed by atoms with E-state index in [0.717, 1.165) is 27.8 Å². The van der Waals surface area contributed by atoms with Gasteiger partial charge in [0.1, 0.15) is 5.01 Å². The molecule has 0 saturated heterocycles. The van der Waals surface area contributed by atoms with Crippen molar-refractivity contribution < 1.29 is 18.0 Å². The van der Waals surface area contributed by atoms with E-state index in [2.05, 4.69) is 25.6 Å². The molecule has 0 bridgehead atoms. The number of para-hydroxylation sites is 1. The minimum Gasteiger partial charge on any atom is -0.361 e. The number of nitrogens with one attached hydrogen (secondary N) is 2. The molecule has 2 N–H and O–H groups in total. The van der Waals surface area contributed by atoms with Crippen molar-refractivity contribution in [2.45, 2.75) is 19.1 Å². The fourth-order valence-corrected chi connectivity index (χ4v) is 3.37. The minimum absolute atomic E-state index is 0.0203. The first kappa shape index (κ1) is 16.5. The molecule has 0 fully saturated rings. The Morgan fingerprint density at radius 1 is 1.27 bits per heavy atom. The molecule has 0 unspecified atom stereocenters. The summed E-state index contributed by atoms with van der Waals surface area (Å²) in [4.78, 5) is 15.3. The van der Waals surface area contributed by atoms with Crippen molar-refractivity contribution in [3.05, 3.63) is 46.9 Å². The summed E-state index contributed by atoms with van der Waals surface area (Å²) in [5.41, 5.74) is 1.78. The fraction of sp³-hybridized carbons (Fsp3) is 0.200. The van der Waals surface area contributed by atoms with Gasteiger partial charge in [-0.3, -0.25) is 4.79 Å². The molecule has 7 nitrogen and oxygen atoms in total. The number of alkyl halides is 3. The number of aromatic amines is 1. The Balaban J connectivity index is 1.44. The number of carbonyl (C=O) groups excluding carboxylic acids is 1. The van der Waals surface area contributed by atoms with Crippen molar-refractivity contribution in [2.24, 2.45) is 0 Å². The van der Waals surface area contributed by atoms with Crippen LogP contribution in [0.15, 0.2) is 30.5 Å². The number of H-pyrrole nitrogens is 1. The number of halogens is 3. The number of amides is 1. The molecule has 3 aromatic heterocycles. The summed E-state index contributed by atoms with van der Waals surface area (Å²) in [6.45, 7) is 0.0203. The lowest BCUT2D eigenvalue weighted by Gasteiger charge is -2.03. The van der Waals surface area contributed by atoms with Crippen LogP contribution in [0.2, 0.25) is 0 Å². The largest absolute Gasteiger partial charge is 0.453 e. The molecule has 0 aliphatic rings. The maximum absolute atomic E-state index is 12.8. The van der Waals surface area contributed by atoms with E-state index in [1.165, 1.54) is 0 Å². The lowest BCUT2D eigenvalue weighted by atomic mass is 10.1. The van der Waals surface area contributed by atoms with Gasteiger partial charge in [0.05, 0.1) is 13.0 Å². The molecule has 0 aliphatic carbocycles. The zero-order valence-corrected chi connectivity index (χ0v) is 13.9. The average molecular weight is 380 g/mol. The smallest absolute Gasteiger partial charge is 0.361 e. The Kier molecular flexibility index (Phi) is 3.87. The third-order valence-corrected chi connectivity index (χ3v) is 4.65. The van der Waals surface area contributed by atoms with Gasteiger partial charge in [-0.05, 0) is 11.6 Å². The van der Waals surface area contributed by atoms with Crippen molar-refractivity contribution in [2.75, 3.05) is 0 Å². The number of hydrogen-bond acceptors (Lipinski definition) is 5. The molecule has 0 spiro atoms. The standard InChI is InChI=1S/C15H11F3N6OS/c16-15(17,18)13-21-22-14-24(13)23-12(26-14)7-20-11(25)5-8-6-19-10-4-2-1-3-9(8)10/h1-4,6,19H,5,7H2,(H,20,25).